The molecule has 5 heteroatoms. The van der Waals surface area contributed by atoms with Gasteiger partial charge in [0.05, 0.1) is 10.6 Å². The topological polar surface area (TPSA) is 55.1 Å². The van der Waals surface area contributed by atoms with Gasteiger partial charge in [0, 0.05) is 15.8 Å². The Balaban J connectivity index is 2.25. The molecule has 0 aromatic heterocycles. The zero-order valence-electron chi connectivity index (χ0n) is 10.2. The molecule has 0 aliphatic heterocycles. The Morgan fingerprint density at radius 3 is 2.63 bits per heavy atom. The van der Waals surface area contributed by atoms with Gasteiger partial charge in [-0.25, -0.2) is 0 Å². The molecule has 0 bridgehead atoms. The lowest BCUT2D eigenvalue weighted by molar-refractivity contribution is 0.102. The minimum atomic E-state index is -0.262. The van der Waals surface area contributed by atoms with E-state index in [4.69, 9.17) is 17.3 Å². The van der Waals surface area contributed by atoms with Crippen molar-refractivity contribution in [3.8, 4) is 0 Å². The maximum Gasteiger partial charge on any atom is 0.257 e. The summed E-state index contributed by atoms with van der Waals surface area (Å²) in [4.78, 5) is 12.1. The average Bonchev–Trinajstić information content (AvgIpc) is 2.26. The van der Waals surface area contributed by atoms with Crippen molar-refractivity contribution in [3.63, 3.8) is 0 Å². The number of nitrogens with one attached hydrogen (secondary N) is 1. The fraction of sp³-hybridized carbons (Fsp3) is 0.0714. The highest BCUT2D eigenvalue weighted by Gasteiger charge is 2.11. The quantitative estimate of drug-likeness (QED) is 0.804. The number of hydrogen-bond donors (Lipinski definition) is 2. The second-order valence-electron chi connectivity index (χ2n) is 4.21. The van der Waals surface area contributed by atoms with Crippen LogP contribution in [0.2, 0.25) is 5.02 Å². The van der Waals surface area contributed by atoms with Gasteiger partial charge in [-0.3, -0.25) is 4.79 Å². The summed E-state index contributed by atoms with van der Waals surface area (Å²) in [6.07, 6.45) is 0. The Hall–Kier alpha value is -1.52. The first-order valence-corrected chi connectivity index (χ1v) is 6.76. The van der Waals surface area contributed by atoms with Gasteiger partial charge in [-0.15, -0.1) is 0 Å². The first kappa shape index (κ1) is 13.9. The molecular weight excluding hydrogens is 328 g/mol. The van der Waals surface area contributed by atoms with Crippen molar-refractivity contribution >= 4 is 44.8 Å². The van der Waals surface area contributed by atoms with Crippen molar-refractivity contribution in [3.05, 3.63) is 57.0 Å². The molecular formula is C14H12BrClN2O. The molecule has 3 nitrogen and oxygen atoms in total. The number of carbonyl (C=O) groups excluding carboxylic acids is 1. The lowest BCUT2D eigenvalue weighted by Crippen LogP contribution is -2.12. The van der Waals surface area contributed by atoms with E-state index in [1.807, 2.05) is 25.1 Å². The van der Waals surface area contributed by atoms with Gasteiger partial charge in [-0.05, 0) is 48.9 Å². The van der Waals surface area contributed by atoms with Crippen LogP contribution in [0.3, 0.4) is 0 Å². The van der Waals surface area contributed by atoms with E-state index in [0.717, 1.165) is 10.0 Å². The highest BCUT2D eigenvalue weighted by Crippen LogP contribution is 2.23. The normalized spacial score (nSPS) is 10.3. The number of nitrogen functional groups attached to an aromatic ring is 1. The van der Waals surface area contributed by atoms with Gasteiger partial charge in [0.15, 0.2) is 0 Å². The zero-order chi connectivity index (χ0) is 14.0. The Morgan fingerprint density at radius 1 is 1.26 bits per heavy atom. The van der Waals surface area contributed by atoms with Crippen molar-refractivity contribution < 1.29 is 4.79 Å². The van der Waals surface area contributed by atoms with Crippen molar-refractivity contribution in [2.75, 3.05) is 11.1 Å². The van der Waals surface area contributed by atoms with E-state index in [1.54, 1.807) is 18.2 Å². The van der Waals surface area contributed by atoms with Crippen LogP contribution in [0.15, 0.2) is 40.9 Å². The molecule has 0 aliphatic carbocycles. The third-order valence-electron chi connectivity index (χ3n) is 2.54. The molecule has 98 valence electrons. The molecule has 3 N–H and O–H groups in total. The van der Waals surface area contributed by atoms with Gasteiger partial charge in [-0.2, -0.15) is 0 Å². The fourth-order valence-electron chi connectivity index (χ4n) is 1.72. The van der Waals surface area contributed by atoms with Crippen LogP contribution in [-0.4, -0.2) is 5.91 Å². The van der Waals surface area contributed by atoms with E-state index in [9.17, 15) is 4.79 Å². The maximum absolute atomic E-state index is 12.1. The average molecular weight is 340 g/mol. The summed E-state index contributed by atoms with van der Waals surface area (Å²) < 4.78 is 0.909. The summed E-state index contributed by atoms with van der Waals surface area (Å²) in [6, 6.07) is 10.5. The van der Waals surface area contributed by atoms with Crippen LogP contribution in [0.5, 0.6) is 0 Å². The Bertz CT molecular complexity index is 623. The molecule has 1 amide bonds. The number of halogens is 2. The second kappa shape index (κ2) is 5.63. The summed E-state index contributed by atoms with van der Waals surface area (Å²) in [5.41, 5.74) is 8.28. The van der Waals surface area contributed by atoms with Crippen molar-refractivity contribution in [1.82, 2.24) is 0 Å². The SMILES string of the molecule is Cc1cc(Br)cc(NC(=O)c2ccc(N)cc2Cl)c1. The Kier molecular flexibility index (Phi) is 4.12. The van der Waals surface area contributed by atoms with E-state index < -0.39 is 0 Å². The summed E-state index contributed by atoms with van der Waals surface area (Å²) in [6.45, 7) is 1.95. The van der Waals surface area contributed by atoms with Crippen LogP contribution < -0.4 is 11.1 Å². The molecule has 0 unspecified atom stereocenters. The Labute approximate surface area is 124 Å². The Morgan fingerprint density at radius 2 is 2.00 bits per heavy atom. The molecule has 0 radical (unpaired) electrons. The molecule has 0 saturated carbocycles. The third-order valence-corrected chi connectivity index (χ3v) is 3.31. The monoisotopic (exact) mass is 338 g/mol. The van der Waals surface area contributed by atoms with E-state index in [2.05, 4.69) is 21.2 Å². The predicted molar refractivity (Wildman–Crippen MR) is 82.7 cm³/mol. The zero-order valence-corrected chi connectivity index (χ0v) is 12.5. The second-order valence-corrected chi connectivity index (χ2v) is 5.53. The molecule has 0 saturated heterocycles. The van der Waals surface area contributed by atoms with Gasteiger partial charge in [0.2, 0.25) is 0 Å². The molecule has 0 aliphatic rings. The molecule has 0 fully saturated rings. The van der Waals surface area contributed by atoms with Crippen LogP contribution in [0.1, 0.15) is 15.9 Å². The molecule has 2 aromatic carbocycles. The summed E-state index contributed by atoms with van der Waals surface area (Å²) in [5, 5.41) is 3.14. The van der Waals surface area contributed by atoms with Crippen LogP contribution in [0.4, 0.5) is 11.4 Å². The van der Waals surface area contributed by atoms with Crippen molar-refractivity contribution in [1.29, 1.82) is 0 Å². The van der Waals surface area contributed by atoms with E-state index in [-0.39, 0.29) is 5.91 Å². The van der Waals surface area contributed by atoms with Gasteiger partial charge in [0.1, 0.15) is 0 Å². The first-order valence-electron chi connectivity index (χ1n) is 5.59. The number of hydrogen-bond acceptors (Lipinski definition) is 2. The molecule has 2 rings (SSSR count). The van der Waals surface area contributed by atoms with Crippen molar-refractivity contribution in [2.24, 2.45) is 0 Å². The largest absolute Gasteiger partial charge is 0.399 e. The van der Waals surface area contributed by atoms with Gasteiger partial charge < -0.3 is 11.1 Å². The number of amides is 1. The van der Waals surface area contributed by atoms with Crippen LogP contribution in [0.25, 0.3) is 0 Å². The summed E-state index contributed by atoms with van der Waals surface area (Å²) in [7, 11) is 0. The minimum Gasteiger partial charge on any atom is -0.399 e. The summed E-state index contributed by atoms with van der Waals surface area (Å²) in [5.74, 6) is -0.262. The number of carbonyl (C=O) groups is 1. The van der Waals surface area contributed by atoms with Crippen LogP contribution >= 0.6 is 27.5 Å². The molecule has 0 heterocycles. The number of aryl methyl sites for hydroxylation is 1. The first-order chi connectivity index (χ1) is 8.95. The fourth-order valence-corrected chi connectivity index (χ4v) is 2.60. The van der Waals surface area contributed by atoms with E-state index in [1.165, 1.54) is 0 Å². The highest BCUT2D eigenvalue weighted by atomic mass is 79.9. The predicted octanol–water partition coefficient (Wildman–Crippen LogP) is 4.25. The smallest absolute Gasteiger partial charge is 0.257 e. The van der Waals surface area contributed by atoms with Crippen molar-refractivity contribution in [2.45, 2.75) is 6.92 Å². The van der Waals surface area contributed by atoms with E-state index >= 15 is 0 Å². The molecule has 19 heavy (non-hydrogen) atoms. The van der Waals surface area contributed by atoms with Crippen LogP contribution in [-0.2, 0) is 0 Å². The number of anilines is 2. The van der Waals surface area contributed by atoms with Gasteiger partial charge in [-0.1, -0.05) is 27.5 Å². The van der Waals surface area contributed by atoms with Gasteiger partial charge in [0.25, 0.3) is 5.91 Å². The molecule has 0 spiro atoms. The third kappa shape index (κ3) is 3.49. The van der Waals surface area contributed by atoms with E-state index in [0.29, 0.717) is 22.0 Å². The number of benzene rings is 2. The number of rotatable bonds is 2. The lowest BCUT2D eigenvalue weighted by atomic mass is 10.1. The van der Waals surface area contributed by atoms with Crippen LogP contribution in [0, 0.1) is 6.92 Å². The number of nitrogens with two attached hydrogens (primary N) is 1. The molecule has 0 atom stereocenters. The van der Waals surface area contributed by atoms with Gasteiger partial charge >= 0.3 is 0 Å². The standard InChI is InChI=1S/C14H12BrClN2O/c1-8-4-9(15)6-11(5-8)18-14(19)12-3-2-10(17)7-13(12)16/h2-7H,17H2,1H3,(H,18,19). The lowest BCUT2D eigenvalue weighted by Gasteiger charge is -2.08. The molecule has 2 aromatic rings. The highest BCUT2D eigenvalue weighted by molar-refractivity contribution is 9.10. The maximum atomic E-state index is 12.1. The minimum absolute atomic E-state index is 0.262. The summed E-state index contributed by atoms with van der Waals surface area (Å²) >= 11 is 9.39.